The summed E-state index contributed by atoms with van der Waals surface area (Å²) in [5.74, 6) is 0. The Morgan fingerprint density at radius 3 is 1.88 bits per heavy atom. The van der Waals surface area contributed by atoms with E-state index in [9.17, 15) is 0 Å². The van der Waals surface area contributed by atoms with Gasteiger partial charge >= 0.3 is 0 Å². The maximum Gasteiger partial charge on any atom is 0.212 e. The summed E-state index contributed by atoms with van der Waals surface area (Å²) in [5.41, 5.74) is 5.06. The molecule has 0 unspecified atom stereocenters. The largest absolute Gasteiger partial charge is 0.341 e. The van der Waals surface area contributed by atoms with E-state index in [1.807, 2.05) is 0 Å². The normalized spacial score (nSPS) is 10.8. The number of rotatable bonds is 5. The highest BCUT2D eigenvalue weighted by atomic mass is 15.1. The molecule has 26 heavy (non-hydrogen) atoms. The topological polar surface area (TPSA) is 7.12 Å². The predicted octanol–water partition coefficient (Wildman–Crippen LogP) is 5.05. The Kier molecular flexibility index (Phi) is 4.65. The first-order valence-corrected chi connectivity index (χ1v) is 9.07. The van der Waals surface area contributed by atoms with Gasteiger partial charge in [0.15, 0.2) is 5.69 Å². The molecule has 0 atom stereocenters. The van der Waals surface area contributed by atoms with Crippen molar-refractivity contribution in [3.63, 3.8) is 0 Å². The van der Waals surface area contributed by atoms with Gasteiger partial charge < -0.3 is 4.90 Å². The molecule has 0 saturated carbocycles. The first-order valence-electron chi connectivity index (χ1n) is 9.07. The zero-order chi connectivity index (χ0) is 17.8. The van der Waals surface area contributed by atoms with E-state index in [0.717, 1.165) is 13.0 Å². The molecule has 0 N–H and O–H groups in total. The van der Waals surface area contributed by atoms with Crippen molar-refractivity contribution in [1.29, 1.82) is 0 Å². The lowest BCUT2D eigenvalue weighted by Crippen LogP contribution is -2.36. The van der Waals surface area contributed by atoms with Gasteiger partial charge in [0, 0.05) is 35.4 Å². The average Bonchev–Trinajstić information content (AvgIpc) is 2.71. The molecule has 4 rings (SSSR count). The van der Waals surface area contributed by atoms with Crippen molar-refractivity contribution in [3.05, 3.63) is 103 Å². The van der Waals surface area contributed by atoms with Crippen LogP contribution in [0.25, 0.3) is 10.9 Å². The van der Waals surface area contributed by atoms with E-state index in [1.165, 1.54) is 28.0 Å². The number of hydrogen-bond acceptors (Lipinski definition) is 1. The van der Waals surface area contributed by atoms with Gasteiger partial charge in [-0.3, -0.25) is 0 Å². The van der Waals surface area contributed by atoms with Crippen LogP contribution in [0.3, 0.4) is 0 Å². The van der Waals surface area contributed by atoms with Crippen LogP contribution >= 0.6 is 0 Å². The van der Waals surface area contributed by atoms with Gasteiger partial charge in [-0.2, -0.15) is 4.57 Å². The summed E-state index contributed by atoms with van der Waals surface area (Å²) < 4.78 is 2.31. The van der Waals surface area contributed by atoms with Gasteiger partial charge in [0.1, 0.15) is 7.05 Å². The Balaban J connectivity index is 1.64. The van der Waals surface area contributed by atoms with Crippen molar-refractivity contribution in [2.45, 2.75) is 6.42 Å². The number of fused-ring (bicyclic) bond motifs is 1. The fourth-order valence-electron chi connectivity index (χ4n) is 3.49. The Bertz CT molecular complexity index is 955. The molecule has 0 fully saturated rings. The second kappa shape index (κ2) is 7.40. The summed E-state index contributed by atoms with van der Waals surface area (Å²) in [6.45, 7) is 0.931. The fourth-order valence-corrected chi connectivity index (χ4v) is 3.49. The number of pyridine rings is 1. The number of hydrogen-bond donors (Lipinski definition) is 0. The van der Waals surface area contributed by atoms with Crippen LogP contribution < -0.4 is 9.47 Å². The lowest BCUT2D eigenvalue weighted by molar-refractivity contribution is -0.652. The van der Waals surface area contributed by atoms with Crippen LogP contribution in [0.1, 0.15) is 5.69 Å². The SMILES string of the molecule is C[n+]1c(CCN(c2ccccc2)c2ccccc2)ccc2ccccc21. The van der Waals surface area contributed by atoms with Gasteiger partial charge in [-0.25, -0.2) is 0 Å². The minimum absolute atomic E-state index is 0.931. The molecule has 128 valence electrons. The highest BCUT2D eigenvalue weighted by molar-refractivity contribution is 5.75. The molecule has 2 nitrogen and oxygen atoms in total. The van der Waals surface area contributed by atoms with Crippen LogP contribution in [0.5, 0.6) is 0 Å². The predicted molar refractivity (Wildman–Crippen MR) is 109 cm³/mol. The molecule has 2 heteroatoms. The van der Waals surface area contributed by atoms with Crippen molar-refractivity contribution < 1.29 is 4.57 Å². The summed E-state index contributed by atoms with van der Waals surface area (Å²) >= 11 is 0. The summed E-state index contributed by atoms with van der Waals surface area (Å²) in [5, 5.41) is 1.28. The van der Waals surface area contributed by atoms with E-state index in [2.05, 4.69) is 114 Å². The van der Waals surface area contributed by atoms with Gasteiger partial charge in [0.2, 0.25) is 5.52 Å². The number of para-hydroxylation sites is 3. The molecule has 0 spiro atoms. The zero-order valence-electron chi connectivity index (χ0n) is 15.0. The van der Waals surface area contributed by atoms with Gasteiger partial charge in [-0.1, -0.05) is 48.5 Å². The van der Waals surface area contributed by atoms with E-state index < -0.39 is 0 Å². The number of aromatic nitrogens is 1. The molecule has 0 amide bonds. The highest BCUT2D eigenvalue weighted by Crippen LogP contribution is 2.25. The third kappa shape index (κ3) is 3.31. The van der Waals surface area contributed by atoms with Crippen LogP contribution in [0.2, 0.25) is 0 Å². The van der Waals surface area contributed by atoms with E-state index in [-0.39, 0.29) is 0 Å². The van der Waals surface area contributed by atoms with Gasteiger partial charge in [-0.05, 0) is 36.4 Å². The Morgan fingerprint density at radius 1 is 0.654 bits per heavy atom. The Labute approximate surface area is 155 Å². The highest BCUT2D eigenvalue weighted by Gasteiger charge is 2.14. The monoisotopic (exact) mass is 339 g/mol. The third-order valence-corrected chi connectivity index (χ3v) is 4.91. The van der Waals surface area contributed by atoms with Crippen molar-refractivity contribution in [1.82, 2.24) is 0 Å². The van der Waals surface area contributed by atoms with Crippen molar-refractivity contribution in [2.24, 2.45) is 7.05 Å². The standard InChI is InChI=1S/C24H23N2/c1-25-21(17-16-20-10-8-9-15-24(20)25)18-19-26(22-11-4-2-5-12-22)23-13-6-3-7-14-23/h2-17H,18-19H2,1H3/q+1. The van der Waals surface area contributed by atoms with E-state index in [1.54, 1.807) is 0 Å². The maximum atomic E-state index is 2.38. The molecule has 0 radical (unpaired) electrons. The average molecular weight is 339 g/mol. The molecule has 0 aliphatic heterocycles. The maximum absolute atomic E-state index is 2.38. The minimum atomic E-state index is 0.931. The molecular weight excluding hydrogens is 316 g/mol. The lowest BCUT2D eigenvalue weighted by atomic mass is 10.1. The number of aryl methyl sites for hydroxylation is 1. The van der Waals surface area contributed by atoms with Crippen LogP contribution in [0, 0.1) is 0 Å². The van der Waals surface area contributed by atoms with Crippen molar-refractivity contribution in [3.8, 4) is 0 Å². The van der Waals surface area contributed by atoms with E-state index >= 15 is 0 Å². The van der Waals surface area contributed by atoms with Crippen LogP contribution in [0.4, 0.5) is 11.4 Å². The number of anilines is 2. The van der Waals surface area contributed by atoms with E-state index in [0.29, 0.717) is 0 Å². The summed E-state index contributed by atoms with van der Waals surface area (Å²) in [6, 6.07) is 34.2. The van der Waals surface area contributed by atoms with Crippen molar-refractivity contribution >= 4 is 22.3 Å². The summed E-state index contributed by atoms with van der Waals surface area (Å²) in [6.07, 6.45) is 0.977. The molecule has 0 aliphatic carbocycles. The van der Waals surface area contributed by atoms with Crippen LogP contribution in [-0.2, 0) is 13.5 Å². The van der Waals surface area contributed by atoms with Gasteiger partial charge in [-0.15, -0.1) is 0 Å². The summed E-state index contributed by atoms with van der Waals surface area (Å²) in [7, 11) is 2.16. The second-order valence-electron chi connectivity index (χ2n) is 6.52. The number of nitrogens with zero attached hydrogens (tertiary/aromatic N) is 2. The van der Waals surface area contributed by atoms with Crippen molar-refractivity contribution in [2.75, 3.05) is 11.4 Å². The lowest BCUT2D eigenvalue weighted by Gasteiger charge is -2.24. The zero-order valence-corrected chi connectivity index (χ0v) is 15.0. The second-order valence-corrected chi connectivity index (χ2v) is 6.52. The smallest absolute Gasteiger partial charge is 0.212 e. The fraction of sp³-hybridized carbons (Fsp3) is 0.125. The van der Waals surface area contributed by atoms with E-state index in [4.69, 9.17) is 0 Å². The molecule has 1 aromatic heterocycles. The molecule has 0 bridgehead atoms. The Hall–Kier alpha value is -3.13. The van der Waals surface area contributed by atoms with Gasteiger partial charge in [0.05, 0.1) is 6.42 Å². The van der Waals surface area contributed by atoms with Gasteiger partial charge in [0.25, 0.3) is 0 Å². The first kappa shape index (κ1) is 16.3. The number of benzene rings is 3. The third-order valence-electron chi connectivity index (χ3n) is 4.91. The van der Waals surface area contributed by atoms with Crippen LogP contribution in [0.15, 0.2) is 97.1 Å². The molecule has 4 aromatic rings. The quantitative estimate of drug-likeness (QED) is 0.462. The van der Waals surface area contributed by atoms with Crippen LogP contribution in [-0.4, -0.2) is 6.54 Å². The molecule has 0 saturated heterocycles. The minimum Gasteiger partial charge on any atom is -0.341 e. The molecule has 1 heterocycles. The first-order chi connectivity index (χ1) is 12.8. The summed E-state index contributed by atoms with van der Waals surface area (Å²) in [4.78, 5) is 2.38. The molecule has 3 aromatic carbocycles. The Morgan fingerprint density at radius 2 is 1.23 bits per heavy atom. The molecule has 0 aliphatic rings. The molecular formula is C24H23N2+.